The van der Waals surface area contributed by atoms with Crippen LogP contribution in [0, 0.1) is 0 Å². The van der Waals surface area contributed by atoms with Crippen LogP contribution in [0.5, 0.6) is 5.75 Å². The molecule has 4 nitrogen and oxygen atoms in total. The zero-order valence-corrected chi connectivity index (χ0v) is 11.2. The van der Waals surface area contributed by atoms with Crippen LogP contribution in [0.2, 0.25) is 5.02 Å². The van der Waals surface area contributed by atoms with Crippen molar-refractivity contribution in [2.75, 3.05) is 6.61 Å². The first-order valence-corrected chi connectivity index (χ1v) is 6.86. The van der Waals surface area contributed by atoms with Crippen molar-refractivity contribution in [2.45, 2.75) is 18.9 Å². The van der Waals surface area contributed by atoms with Gasteiger partial charge in [0.2, 0.25) is 0 Å². The van der Waals surface area contributed by atoms with E-state index in [-0.39, 0.29) is 6.04 Å². The molecule has 0 spiro atoms. The highest BCUT2D eigenvalue weighted by atomic mass is 35.5. The van der Waals surface area contributed by atoms with Crippen LogP contribution < -0.4 is 10.5 Å². The standard InChI is InChI=1S/C12H12ClN3OS/c13-9-3-7-1-2-17-12(7)8(4-9)5-10(14)11-6-15-16-18-11/h3-4,6,10H,1-2,5,14H2. The number of fused-ring (bicyclic) bond motifs is 1. The minimum absolute atomic E-state index is 0.114. The summed E-state index contributed by atoms with van der Waals surface area (Å²) in [6, 6.07) is 3.78. The number of halogens is 1. The Morgan fingerprint density at radius 2 is 2.39 bits per heavy atom. The van der Waals surface area contributed by atoms with E-state index in [0.29, 0.717) is 6.42 Å². The summed E-state index contributed by atoms with van der Waals surface area (Å²) in [6.45, 7) is 0.722. The number of rotatable bonds is 3. The van der Waals surface area contributed by atoms with E-state index < -0.39 is 0 Å². The highest BCUT2D eigenvalue weighted by Gasteiger charge is 2.20. The maximum absolute atomic E-state index is 6.15. The predicted molar refractivity (Wildman–Crippen MR) is 71.2 cm³/mol. The van der Waals surface area contributed by atoms with Crippen LogP contribution in [0.3, 0.4) is 0 Å². The second-order valence-corrected chi connectivity index (χ2v) is 5.54. The average Bonchev–Trinajstić information content (AvgIpc) is 2.98. The number of nitrogens with zero attached hydrogens (tertiary/aromatic N) is 2. The van der Waals surface area contributed by atoms with E-state index in [4.69, 9.17) is 22.1 Å². The molecule has 1 aliphatic rings. The largest absolute Gasteiger partial charge is 0.493 e. The molecular formula is C12H12ClN3OS. The Morgan fingerprint density at radius 1 is 1.50 bits per heavy atom. The molecular weight excluding hydrogens is 270 g/mol. The first kappa shape index (κ1) is 11.9. The average molecular weight is 282 g/mol. The summed E-state index contributed by atoms with van der Waals surface area (Å²) in [5.74, 6) is 0.951. The second kappa shape index (κ2) is 4.84. The van der Waals surface area contributed by atoms with E-state index in [1.807, 2.05) is 12.1 Å². The van der Waals surface area contributed by atoms with Gasteiger partial charge in [0, 0.05) is 17.5 Å². The van der Waals surface area contributed by atoms with E-state index in [1.165, 1.54) is 17.1 Å². The fourth-order valence-corrected chi connectivity index (χ4v) is 2.94. The van der Waals surface area contributed by atoms with Crippen LogP contribution >= 0.6 is 23.1 Å². The highest BCUT2D eigenvalue weighted by Crippen LogP contribution is 2.35. The molecule has 2 heterocycles. The molecule has 3 rings (SSSR count). The molecule has 0 saturated heterocycles. The molecule has 0 aliphatic carbocycles. The molecule has 0 saturated carbocycles. The molecule has 0 radical (unpaired) electrons. The molecule has 0 amide bonds. The molecule has 1 aliphatic heterocycles. The van der Waals surface area contributed by atoms with Gasteiger partial charge in [-0.05, 0) is 41.2 Å². The minimum atomic E-state index is -0.114. The van der Waals surface area contributed by atoms with Gasteiger partial charge in [-0.1, -0.05) is 16.1 Å². The van der Waals surface area contributed by atoms with Crippen molar-refractivity contribution in [1.82, 2.24) is 9.59 Å². The quantitative estimate of drug-likeness (QED) is 0.938. The first-order chi connectivity index (χ1) is 8.74. The van der Waals surface area contributed by atoms with Crippen LogP contribution in [0.25, 0.3) is 0 Å². The van der Waals surface area contributed by atoms with Crippen LogP contribution in [0.1, 0.15) is 22.0 Å². The molecule has 0 fully saturated rings. The van der Waals surface area contributed by atoms with E-state index in [2.05, 4.69) is 9.59 Å². The molecule has 18 heavy (non-hydrogen) atoms. The van der Waals surface area contributed by atoms with Crippen molar-refractivity contribution in [3.8, 4) is 5.75 Å². The van der Waals surface area contributed by atoms with Gasteiger partial charge in [-0.2, -0.15) is 0 Å². The SMILES string of the molecule is NC(Cc1cc(Cl)cc2c1OCC2)c1cnns1. The lowest BCUT2D eigenvalue weighted by molar-refractivity contribution is 0.352. The first-order valence-electron chi connectivity index (χ1n) is 5.71. The Labute approximate surface area is 114 Å². The van der Waals surface area contributed by atoms with Gasteiger partial charge in [0.05, 0.1) is 17.7 Å². The zero-order chi connectivity index (χ0) is 12.5. The molecule has 94 valence electrons. The summed E-state index contributed by atoms with van der Waals surface area (Å²) >= 11 is 7.45. The number of aromatic nitrogens is 2. The van der Waals surface area contributed by atoms with Crippen molar-refractivity contribution in [3.05, 3.63) is 39.4 Å². The van der Waals surface area contributed by atoms with E-state index in [9.17, 15) is 0 Å². The molecule has 1 aromatic carbocycles. The summed E-state index contributed by atoms with van der Waals surface area (Å²) in [7, 11) is 0. The molecule has 1 atom stereocenters. The van der Waals surface area contributed by atoms with Crippen molar-refractivity contribution in [3.63, 3.8) is 0 Å². The Kier molecular flexibility index (Phi) is 3.20. The lowest BCUT2D eigenvalue weighted by atomic mass is 10.0. The summed E-state index contributed by atoms with van der Waals surface area (Å²) in [4.78, 5) is 0.974. The fraction of sp³-hybridized carbons (Fsp3) is 0.333. The highest BCUT2D eigenvalue weighted by molar-refractivity contribution is 7.05. The maximum atomic E-state index is 6.15. The number of ether oxygens (including phenoxy) is 1. The summed E-state index contributed by atoms with van der Waals surface area (Å²) in [5.41, 5.74) is 8.39. The third-order valence-electron chi connectivity index (χ3n) is 3.01. The normalized spacial score (nSPS) is 15.2. The van der Waals surface area contributed by atoms with Gasteiger partial charge >= 0.3 is 0 Å². The number of hydrogen-bond acceptors (Lipinski definition) is 5. The Morgan fingerprint density at radius 3 is 3.17 bits per heavy atom. The van der Waals surface area contributed by atoms with Crippen molar-refractivity contribution in [2.24, 2.45) is 5.73 Å². The van der Waals surface area contributed by atoms with E-state index >= 15 is 0 Å². The Balaban J connectivity index is 1.89. The summed E-state index contributed by atoms with van der Waals surface area (Å²) in [6.07, 6.45) is 3.31. The van der Waals surface area contributed by atoms with E-state index in [1.54, 1.807) is 6.20 Å². The number of hydrogen-bond donors (Lipinski definition) is 1. The van der Waals surface area contributed by atoms with Crippen LogP contribution in [-0.4, -0.2) is 16.2 Å². The molecule has 2 aromatic rings. The van der Waals surface area contributed by atoms with Gasteiger partial charge in [-0.3, -0.25) is 0 Å². The molecule has 0 bridgehead atoms. The van der Waals surface area contributed by atoms with Crippen LogP contribution in [0.4, 0.5) is 0 Å². The molecule has 1 aromatic heterocycles. The van der Waals surface area contributed by atoms with Crippen molar-refractivity contribution in [1.29, 1.82) is 0 Å². The lowest BCUT2D eigenvalue weighted by Gasteiger charge is -2.12. The van der Waals surface area contributed by atoms with Crippen LogP contribution in [0.15, 0.2) is 18.3 Å². The summed E-state index contributed by atoms with van der Waals surface area (Å²) < 4.78 is 9.49. The molecule has 6 heteroatoms. The number of benzene rings is 1. The Bertz CT molecular complexity index is 559. The molecule has 1 unspecified atom stereocenters. The smallest absolute Gasteiger partial charge is 0.125 e. The third-order valence-corrected chi connectivity index (χ3v) is 4.02. The van der Waals surface area contributed by atoms with E-state index in [0.717, 1.165) is 34.2 Å². The van der Waals surface area contributed by atoms with Gasteiger partial charge in [0.25, 0.3) is 0 Å². The van der Waals surface area contributed by atoms with Gasteiger partial charge in [0.1, 0.15) is 5.75 Å². The van der Waals surface area contributed by atoms with Crippen molar-refractivity contribution >= 4 is 23.1 Å². The second-order valence-electron chi connectivity index (χ2n) is 4.28. The maximum Gasteiger partial charge on any atom is 0.125 e. The van der Waals surface area contributed by atoms with Gasteiger partial charge in [0.15, 0.2) is 0 Å². The van der Waals surface area contributed by atoms with Gasteiger partial charge in [-0.15, -0.1) is 5.10 Å². The van der Waals surface area contributed by atoms with Gasteiger partial charge in [-0.25, -0.2) is 0 Å². The Hall–Kier alpha value is -1.17. The summed E-state index contributed by atoms with van der Waals surface area (Å²) in [5, 5.41) is 4.55. The van der Waals surface area contributed by atoms with Crippen LogP contribution in [-0.2, 0) is 12.8 Å². The predicted octanol–water partition coefficient (Wildman–Crippen LogP) is 2.37. The number of nitrogens with two attached hydrogens (primary N) is 1. The third kappa shape index (κ3) is 2.21. The topological polar surface area (TPSA) is 61.0 Å². The zero-order valence-electron chi connectivity index (χ0n) is 9.60. The fourth-order valence-electron chi connectivity index (χ4n) is 2.17. The monoisotopic (exact) mass is 281 g/mol. The molecule has 2 N–H and O–H groups in total. The van der Waals surface area contributed by atoms with Gasteiger partial charge < -0.3 is 10.5 Å². The minimum Gasteiger partial charge on any atom is -0.493 e. The lowest BCUT2D eigenvalue weighted by Crippen LogP contribution is -2.12. The van der Waals surface area contributed by atoms with Crippen molar-refractivity contribution < 1.29 is 4.74 Å².